The van der Waals surface area contributed by atoms with Crippen molar-refractivity contribution in [1.82, 2.24) is 0 Å². The van der Waals surface area contributed by atoms with Crippen LogP contribution in [-0.2, 0) is 23.8 Å². The SMILES string of the molecule is CCCCCC=CC=CC(CC(=O)CC(=O)OC)OC(C)OCC. The van der Waals surface area contributed by atoms with Gasteiger partial charge in [0.25, 0.3) is 0 Å². The second-order valence-corrected chi connectivity index (χ2v) is 5.50. The molecule has 0 aliphatic rings. The summed E-state index contributed by atoms with van der Waals surface area (Å²) in [5.41, 5.74) is 0. The molecule has 0 saturated carbocycles. The highest BCUT2D eigenvalue weighted by molar-refractivity contribution is 5.95. The molecule has 0 aromatic rings. The number of carbonyl (C=O) groups is 2. The van der Waals surface area contributed by atoms with Crippen LogP contribution in [-0.4, -0.2) is 37.9 Å². The van der Waals surface area contributed by atoms with Gasteiger partial charge in [-0.15, -0.1) is 0 Å². The van der Waals surface area contributed by atoms with Gasteiger partial charge < -0.3 is 14.2 Å². The molecule has 0 aromatic carbocycles. The highest BCUT2D eigenvalue weighted by atomic mass is 16.7. The van der Waals surface area contributed by atoms with Gasteiger partial charge in [-0.25, -0.2) is 0 Å². The fraction of sp³-hybridized carbons (Fsp3) is 0.684. The van der Waals surface area contributed by atoms with Crippen LogP contribution in [0, 0.1) is 0 Å². The summed E-state index contributed by atoms with van der Waals surface area (Å²) in [5, 5.41) is 0. The highest BCUT2D eigenvalue weighted by Gasteiger charge is 2.17. The molecule has 0 aromatic heterocycles. The first kappa shape index (κ1) is 22.5. The number of hydrogen-bond acceptors (Lipinski definition) is 5. The van der Waals surface area contributed by atoms with Gasteiger partial charge in [0.05, 0.1) is 13.2 Å². The van der Waals surface area contributed by atoms with Crippen LogP contribution in [0.4, 0.5) is 0 Å². The maximum absolute atomic E-state index is 11.9. The van der Waals surface area contributed by atoms with Gasteiger partial charge in [-0.3, -0.25) is 9.59 Å². The van der Waals surface area contributed by atoms with Crippen molar-refractivity contribution in [3.8, 4) is 0 Å². The van der Waals surface area contributed by atoms with Gasteiger partial charge >= 0.3 is 5.97 Å². The molecule has 0 bridgehead atoms. The van der Waals surface area contributed by atoms with Gasteiger partial charge in [-0.05, 0) is 26.7 Å². The van der Waals surface area contributed by atoms with E-state index in [4.69, 9.17) is 9.47 Å². The first-order valence-corrected chi connectivity index (χ1v) is 8.72. The predicted octanol–water partition coefficient (Wildman–Crippen LogP) is 3.97. The monoisotopic (exact) mass is 340 g/mol. The lowest BCUT2D eigenvalue weighted by atomic mass is 10.1. The van der Waals surface area contributed by atoms with Crippen molar-refractivity contribution in [1.29, 1.82) is 0 Å². The summed E-state index contributed by atoms with van der Waals surface area (Å²) >= 11 is 0. The largest absolute Gasteiger partial charge is 0.469 e. The first-order valence-electron chi connectivity index (χ1n) is 8.72. The fourth-order valence-electron chi connectivity index (χ4n) is 2.09. The highest BCUT2D eigenvalue weighted by Crippen LogP contribution is 2.09. The average Bonchev–Trinajstić information content (AvgIpc) is 2.53. The lowest BCUT2D eigenvalue weighted by Crippen LogP contribution is -2.24. The molecule has 0 rings (SSSR count). The minimum atomic E-state index is -0.531. The second kappa shape index (κ2) is 15.1. The molecule has 0 heterocycles. The van der Waals surface area contributed by atoms with Crippen molar-refractivity contribution < 1.29 is 23.8 Å². The van der Waals surface area contributed by atoms with Crippen LogP contribution in [0.25, 0.3) is 0 Å². The van der Waals surface area contributed by atoms with Crippen LogP contribution in [0.3, 0.4) is 0 Å². The normalized spacial score (nSPS) is 14.2. The van der Waals surface area contributed by atoms with E-state index in [9.17, 15) is 9.59 Å². The number of unbranched alkanes of at least 4 members (excludes halogenated alkanes) is 3. The van der Waals surface area contributed by atoms with Gasteiger partial charge in [0.2, 0.25) is 0 Å². The lowest BCUT2D eigenvalue weighted by molar-refractivity contribution is -0.153. The van der Waals surface area contributed by atoms with Crippen molar-refractivity contribution in [2.45, 2.75) is 71.7 Å². The average molecular weight is 340 g/mol. The molecular formula is C19H32O5. The first-order chi connectivity index (χ1) is 11.5. The van der Waals surface area contributed by atoms with Crippen LogP contribution >= 0.6 is 0 Å². The van der Waals surface area contributed by atoms with Crippen LogP contribution in [0.15, 0.2) is 24.3 Å². The fourth-order valence-corrected chi connectivity index (χ4v) is 2.09. The summed E-state index contributed by atoms with van der Waals surface area (Å²) in [7, 11) is 1.27. The Kier molecular flexibility index (Phi) is 14.2. The van der Waals surface area contributed by atoms with E-state index in [-0.39, 0.29) is 18.6 Å². The molecule has 138 valence electrons. The number of Topliss-reactive ketones (excluding diaryl/α,β-unsaturated/α-hetero) is 1. The summed E-state index contributed by atoms with van der Waals surface area (Å²) in [5.74, 6) is -0.747. The second-order valence-electron chi connectivity index (χ2n) is 5.50. The van der Waals surface area contributed by atoms with E-state index in [0.29, 0.717) is 6.61 Å². The Balaban J connectivity index is 4.51. The topological polar surface area (TPSA) is 61.8 Å². The molecule has 0 radical (unpaired) electrons. The Morgan fingerprint density at radius 2 is 1.88 bits per heavy atom. The van der Waals surface area contributed by atoms with Crippen molar-refractivity contribution in [3.05, 3.63) is 24.3 Å². The molecule has 5 nitrogen and oxygen atoms in total. The van der Waals surface area contributed by atoms with Gasteiger partial charge in [0.1, 0.15) is 12.2 Å². The summed E-state index contributed by atoms with van der Waals surface area (Å²) in [4.78, 5) is 23.1. The van der Waals surface area contributed by atoms with Gasteiger partial charge in [-0.1, -0.05) is 44.1 Å². The van der Waals surface area contributed by atoms with E-state index in [0.717, 1.165) is 6.42 Å². The van der Waals surface area contributed by atoms with Crippen molar-refractivity contribution in [3.63, 3.8) is 0 Å². The lowest BCUT2D eigenvalue weighted by Gasteiger charge is -2.19. The molecular weight excluding hydrogens is 308 g/mol. The van der Waals surface area contributed by atoms with Crippen molar-refractivity contribution in [2.75, 3.05) is 13.7 Å². The van der Waals surface area contributed by atoms with Crippen LogP contribution in [0.5, 0.6) is 0 Å². The zero-order valence-corrected chi connectivity index (χ0v) is 15.5. The van der Waals surface area contributed by atoms with E-state index in [1.807, 2.05) is 25.2 Å². The van der Waals surface area contributed by atoms with Gasteiger partial charge in [-0.2, -0.15) is 0 Å². The molecule has 0 fully saturated rings. The summed E-state index contributed by atoms with van der Waals surface area (Å²) in [6, 6.07) is 0. The zero-order chi connectivity index (χ0) is 18.2. The third kappa shape index (κ3) is 13.0. The Bertz CT molecular complexity index is 401. The number of carbonyl (C=O) groups excluding carboxylic acids is 2. The standard InChI is InChI=1S/C19H32O5/c1-5-7-8-9-10-11-12-13-18(24-16(3)23-6-2)14-17(20)15-19(21)22-4/h10-13,16,18H,5-9,14-15H2,1-4H3. The van der Waals surface area contributed by atoms with Crippen LogP contribution in [0.2, 0.25) is 0 Å². The molecule has 0 spiro atoms. The van der Waals surface area contributed by atoms with E-state index < -0.39 is 18.4 Å². The maximum Gasteiger partial charge on any atom is 0.313 e. The molecule has 0 saturated heterocycles. The number of allylic oxidation sites excluding steroid dienone is 3. The van der Waals surface area contributed by atoms with Gasteiger partial charge in [0.15, 0.2) is 6.29 Å². The van der Waals surface area contributed by atoms with Gasteiger partial charge in [0, 0.05) is 13.0 Å². The third-order valence-electron chi connectivity index (χ3n) is 3.31. The van der Waals surface area contributed by atoms with E-state index in [1.54, 1.807) is 6.92 Å². The summed E-state index contributed by atoms with van der Waals surface area (Å²) < 4.78 is 15.6. The molecule has 2 unspecified atom stereocenters. The number of rotatable bonds is 14. The molecule has 0 aliphatic carbocycles. The molecule has 0 N–H and O–H groups in total. The number of esters is 1. The smallest absolute Gasteiger partial charge is 0.313 e. The number of hydrogen-bond donors (Lipinski definition) is 0. The number of ketones is 1. The van der Waals surface area contributed by atoms with Crippen molar-refractivity contribution >= 4 is 11.8 Å². The zero-order valence-electron chi connectivity index (χ0n) is 15.5. The van der Waals surface area contributed by atoms with Crippen molar-refractivity contribution in [2.24, 2.45) is 0 Å². The quantitative estimate of drug-likeness (QED) is 0.157. The molecule has 2 atom stereocenters. The third-order valence-corrected chi connectivity index (χ3v) is 3.31. The Labute approximate surface area is 146 Å². The Hall–Kier alpha value is -1.46. The molecule has 24 heavy (non-hydrogen) atoms. The minimum Gasteiger partial charge on any atom is -0.469 e. The van der Waals surface area contributed by atoms with E-state index in [2.05, 4.69) is 17.7 Å². The number of methoxy groups -OCH3 is 1. The Morgan fingerprint density at radius 1 is 1.12 bits per heavy atom. The minimum absolute atomic E-state index is 0.118. The molecule has 0 aliphatic heterocycles. The summed E-state index contributed by atoms with van der Waals surface area (Å²) in [6.07, 6.45) is 11.5. The Morgan fingerprint density at radius 3 is 2.50 bits per heavy atom. The van der Waals surface area contributed by atoms with Crippen LogP contribution in [0.1, 0.15) is 59.3 Å². The number of ether oxygens (including phenoxy) is 3. The van der Waals surface area contributed by atoms with Crippen LogP contribution < -0.4 is 0 Å². The molecule has 0 amide bonds. The molecule has 5 heteroatoms. The van der Waals surface area contributed by atoms with E-state index in [1.165, 1.54) is 26.4 Å². The summed E-state index contributed by atoms with van der Waals surface area (Å²) in [6.45, 7) is 6.38. The maximum atomic E-state index is 11.9. The van der Waals surface area contributed by atoms with E-state index >= 15 is 0 Å². The predicted molar refractivity (Wildman–Crippen MR) is 94.6 cm³/mol.